The van der Waals surface area contributed by atoms with Crippen LogP contribution in [0, 0.1) is 0 Å². The SMILES string of the molecule is COC(=O)c1cc2c3ccccc3c3ccccc3c2cc1N. The van der Waals surface area contributed by atoms with Crippen molar-refractivity contribution in [2.75, 3.05) is 12.8 Å². The Bertz CT molecular complexity index is 1080. The van der Waals surface area contributed by atoms with Crippen LogP contribution < -0.4 is 5.73 Å². The molecular formula is C20H15NO2. The minimum absolute atomic E-state index is 0.403. The van der Waals surface area contributed by atoms with Gasteiger partial charge < -0.3 is 10.5 Å². The summed E-state index contributed by atoms with van der Waals surface area (Å²) in [6.45, 7) is 0. The lowest BCUT2D eigenvalue weighted by atomic mass is 9.92. The molecule has 0 radical (unpaired) electrons. The lowest BCUT2D eigenvalue weighted by molar-refractivity contribution is 0.0602. The molecule has 0 aromatic heterocycles. The lowest BCUT2D eigenvalue weighted by Gasteiger charge is -2.12. The van der Waals surface area contributed by atoms with Gasteiger partial charge in [0.25, 0.3) is 0 Å². The van der Waals surface area contributed by atoms with Gasteiger partial charge in [0.1, 0.15) is 0 Å². The summed E-state index contributed by atoms with van der Waals surface area (Å²) in [6.07, 6.45) is 0. The monoisotopic (exact) mass is 301 g/mol. The average molecular weight is 301 g/mol. The highest BCUT2D eigenvalue weighted by Crippen LogP contribution is 2.36. The molecule has 4 rings (SSSR count). The molecule has 0 fully saturated rings. The Kier molecular flexibility index (Phi) is 2.95. The van der Waals surface area contributed by atoms with Crippen molar-refractivity contribution in [3.8, 4) is 0 Å². The number of nitrogen functional groups attached to an aromatic ring is 1. The van der Waals surface area contributed by atoms with Crippen LogP contribution in [-0.2, 0) is 4.74 Å². The second-order valence-corrected chi connectivity index (χ2v) is 5.57. The first-order valence-electron chi connectivity index (χ1n) is 7.41. The average Bonchev–Trinajstić information content (AvgIpc) is 2.61. The van der Waals surface area contributed by atoms with Crippen LogP contribution in [-0.4, -0.2) is 13.1 Å². The smallest absolute Gasteiger partial charge is 0.339 e. The van der Waals surface area contributed by atoms with Gasteiger partial charge >= 0.3 is 5.97 Å². The van der Waals surface area contributed by atoms with Crippen LogP contribution in [0.2, 0.25) is 0 Å². The van der Waals surface area contributed by atoms with Crippen molar-refractivity contribution in [2.24, 2.45) is 0 Å². The number of anilines is 1. The van der Waals surface area contributed by atoms with E-state index in [4.69, 9.17) is 10.5 Å². The predicted molar refractivity (Wildman–Crippen MR) is 94.7 cm³/mol. The normalized spacial score (nSPS) is 11.2. The highest BCUT2D eigenvalue weighted by atomic mass is 16.5. The van der Waals surface area contributed by atoms with Gasteiger partial charge in [-0.15, -0.1) is 0 Å². The van der Waals surface area contributed by atoms with E-state index >= 15 is 0 Å². The van der Waals surface area contributed by atoms with E-state index < -0.39 is 5.97 Å². The zero-order valence-corrected chi connectivity index (χ0v) is 12.7. The van der Waals surface area contributed by atoms with E-state index in [1.807, 2.05) is 36.4 Å². The van der Waals surface area contributed by atoms with Crippen molar-refractivity contribution >= 4 is 44.0 Å². The number of carbonyl (C=O) groups excluding carboxylic acids is 1. The van der Waals surface area contributed by atoms with Crippen molar-refractivity contribution in [2.45, 2.75) is 0 Å². The molecule has 0 aliphatic heterocycles. The number of carbonyl (C=O) groups is 1. The van der Waals surface area contributed by atoms with E-state index in [9.17, 15) is 4.79 Å². The standard InChI is InChI=1S/C20H15NO2/c1-23-20(22)18-10-16-14-8-4-2-6-12(14)13-7-3-5-9-15(13)17(16)11-19(18)21/h2-11H,21H2,1H3. The Morgan fingerprint density at radius 3 is 1.70 bits per heavy atom. The van der Waals surface area contributed by atoms with Gasteiger partial charge in [-0.05, 0) is 44.5 Å². The number of hydrogen-bond acceptors (Lipinski definition) is 3. The van der Waals surface area contributed by atoms with E-state index in [0.717, 1.165) is 26.9 Å². The van der Waals surface area contributed by atoms with Gasteiger partial charge in [-0.3, -0.25) is 0 Å². The number of esters is 1. The van der Waals surface area contributed by atoms with Gasteiger partial charge in [-0.2, -0.15) is 0 Å². The zero-order chi connectivity index (χ0) is 16.0. The number of fused-ring (bicyclic) bond motifs is 6. The summed E-state index contributed by atoms with van der Waals surface area (Å²) in [6, 6.07) is 20.2. The van der Waals surface area contributed by atoms with Crippen LogP contribution in [0.3, 0.4) is 0 Å². The molecule has 3 nitrogen and oxygen atoms in total. The quantitative estimate of drug-likeness (QED) is 0.319. The molecule has 0 unspecified atom stereocenters. The Hall–Kier alpha value is -3.07. The maximum atomic E-state index is 12.0. The molecule has 0 aliphatic rings. The Labute approximate surface area is 133 Å². The van der Waals surface area contributed by atoms with Gasteiger partial charge in [0, 0.05) is 5.69 Å². The summed E-state index contributed by atoms with van der Waals surface area (Å²) in [4.78, 5) is 12.0. The predicted octanol–water partition coefficient (Wildman–Crippen LogP) is 4.52. The molecule has 4 aromatic rings. The number of benzene rings is 4. The van der Waals surface area contributed by atoms with Crippen molar-refractivity contribution in [3.63, 3.8) is 0 Å². The minimum Gasteiger partial charge on any atom is -0.465 e. The van der Waals surface area contributed by atoms with Gasteiger partial charge in [0.2, 0.25) is 0 Å². The molecule has 0 atom stereocenters. The molecule has 4 aromatic carbocycles. The number of hydrogen-bond donors (Lipinski definition) is 1. The summed E-state index contributed by atoms with van der Waals surface area (Å²) in [5.41, 5.74) is 6.94. The summed E-state index contributed by atoms with van der Waals surface area (Å²) in [5, 5.41) is 6.63. The topological polar surface area (TPSA) is 52.3 Å². The summed E-state index contributed by atoms with van der Waals surface area (Å²) in [5.74, 6) is -0.415. The molecule has 0 saturated carbocycles. The van der Waals surface area contributed by atoms with E-state index in [1.54, 1.807) is 0 Å². The maximum absolute atomic E-state index is 12.0. The highest BCUT2D eigenvalue weighted by molar-refractivity contribution is 6.26. The molecule has 23 heavy (non-hydrogen) atoms. The largest absolute Gasteiger partial charge is 0.465 e. The van der Waals surface area contributed by atoms with Crippen LogP contribution in [0.4, 0.5) is 5.69 Å². The molecule has 0 heterocycles. The fraction of sp³-hybridized carbons (Fsp3) is 0.0500. The van der Waals surface area contributed by atoms with E-state index in [1.165, 1.54) is 12.5 Å². The third-order valence-corrected chi connectivity index (χ3v) is 4.32. The third kappa shape index (κ3) is 1.94. The van der Waals surface area contributed by atoms with Crippen molar-refractivity contribution in [1.82, 2.24) is 0 Å². The van der Waals surface area contributed by atoms with Gasteiger partial charge in [-0.25, -0.2) is 4.79 Å². The second kappa shape index (κ2) is 4.99. The summed E-state index contributed by atoms with van der Waals surface area (Å²) in [7, 11) is 1.37. The maximum Gasteiger partial charge on any atom is 0.339 e. The third-order valence-electron chi connectivity index (χ3n) is 4.32. The fourth-order valence-corrected chi connectivity index (χ4v) is 3.25. The molecule has 0 aliphatic carbocycles. The van der Waals surface area contributed by atoms with Crippen LogP contribution in [0.15, 0.2) is 60.7 Å². The van der Waals surface area contributed by atoms with E-state index in [2.05, 4.69) is 24.3 Å². The summed E-state index contributed by atoms with van der Waals surface area (Å²) < 4.78 is 4.85. The van der Waals surface area contributed by atoms with Crippen molar-refractivity contribution in [3.05, 3.63) is 66.2 Å². The van der Waals surface area contributed by atoms with Crippen LogP contribution in [0.5, 0.6) is 0 Å². The first-order chi connectivity index (χ1) is 11.2. The molecule has 112 valence electrons. The molecular weight excluding hydrogens is 286 g/mol. The Balaban J connectivity index is 2.28. The van der Waals surface area contributed by atoms with Gasteiger partial charge in [0.15, 0.2) is 0 Å². The Morgan fingerprint density at radius 2 is 1.22 bits per heavy atom. The molecule has 0 spiro atoms. The molecule has 0 bridgehead atoms. The van der Waals surface area contributed by atoms with E-state index in [-0.39, 0.29) is 0 Å². The molecule has 3 heteroatoms. The fourth-order valence-electron chi connectivity index (χ4n) is 3.25. The zero-order valence-electron chi connectivity index (χ0n) is 12.7. The summed E-state index contributed by atoms with van der Waals surface area (Å²) >= 11 is 0. The second-order valence-electron chi connectivity index (χ2n) is 5.57. The molecule has 0 saturated heterocycles. The van der Waals surface area contributed by atoms with Crippen LogP contribution in [0.1, 0.15) is 10.4 Å². The van der Waals surface area contributed by atoms with Gasteiger partial charge in [-0.1, -0.05) is 48.5 Å². The molecule has 0 amide bonds. The number of methoxy groups -OCH3 is 1. The van der Waals surface area contributed by atoms with E-state index in [0.29, 0.717) is 11.3 Å². The Morgan fingerprint density at radius 1 is 0.783 bits per heavy atom. The number of rotatable bonds is 1. The van der Waals surface area contributed by atoms with Gasteiger partial charge in [0.05, 0.1) is 12.7 Å². The first-order valence-corrected chi connectivity index (χ1v) is 7.41. The van der Waals surface area contributed by atoms with Crippen molar-refractivity contribution < 1.29 is 9.53 Å². The number of ether oxygens (including phenoxy) is 1. The molecule has 2 N–H and O–H groups in total. The van der Waals surface area contributed by atoms with Crippen LogP contribution in [0.25, 0.3) is 32.3 Å². The lowest BCUT2D eigenvalue weighted by Crippen LogP contribution is -2.05. The van der Waals surface area contributed by atoms with Crippen molar-refractivity contribution in [1.29, 1.82) is 0 Å². The highest BCUT2D eigenvalue weighted by Gasteiger charge is 2.15. The minimum atomic E-state index is -0.415. The first kappa shape index (κ1) is 13.6. The number of nitrogens with two attached hydrogens (primary N) is 1. The van der Waals surface area contributed by atoms with Crippen LogP contribution >= 0.6 is 0 Å².